The smallest absolute Gasteiger partial charge is 0.244 e. The van der Waals surface area contributed by atoms with Crippen molar-refractivity contribution in [3.05, 3.63) is 16.3 Å². The SMILES string of the molecule is CN1CCN(S(=O)(=O)c2ccsc2CCl)CC1(C)C. The Morgan fingerprint density at radius 1 is 1.42 bits per heavy atom. The molecule has 108 valence electrons. The minimum Gasteiger partial charge on any atom is -0.299 e. The molecule has 2 rings (SSSR count). The van der Waals surface area contributed by atoms with Crippen LogP contribution in [0.4, 0.5) is 0 Å². The molecule has 19 heavy (non-hydrogen) atoms. The minimum atomic E-state index is -3.42. The Morgan fingerprint density at radius 3 is 2.68 bits per heavy atom. The first-order valence-electron chi connectivity index (χ1n) is 6.13. The number of thiophene rings is 1. The van der Waals surface area contributed by atoms with Gasteiger partial charge in [-0.05, 0) is 32.3 Å². The molecule has 0 atom stereocenters. The Hall–Kier alpha value is -0.140. The zero-order chi connectivity index (χ0) is 14.3. The predicted molar refractivity (Wildman–Crippen MR) is 79.3 cm³/mol. The molecular weight excluding hydrogens is 304 g/mol. The highest BCUT2D eigenvalue weighted by Gasteiger charge is 2.38. The molecule has 1 saturated heterocycles. The molecule has 1 aliphatic heterocycles. The van der Waals surface area contributed by atoms with E-state index in [1.54, 1.807) is 15.8 Å². The van der Waals surface area contributed by atoms with Crippen molar-refractivity contribution in [2.45, 2.75) is 30.2 Å². The number of alkyl halides is 1. The molecule has 0 saturated carbocycles. The average molecular weight is 323 g/mol. The lowest BCUT2D eigenvalue weighted by atomic mass is 10.0. The molecule has 4 nitrogen and oxygen atoms in total. The maximum Gasteiger partial charge on any atom is 0.244 e. The summed E-state index contributed by atoms with van der Waals surface area (Å²) in [5.41, 5.74) is -0.150. The highest BCUT2D eigenvalue weighted by atomic mass is 35.5. The van der Waals surface area contributed by atoms with E-state index in [9.17, 15) is 8.42 Å². The van der Waals surface area contributed by atoms with Crippen molar-refractivity contribution in [2.24, 2.45) is 0 Å². The Morgan fingerprint density at radius 2 is 2.11 bits per heavy atom. The average Bonchev–Trinajstić information content (AvgIpc) is 2.81. The van der Waals surface area contributed by atoms with Crippen LogP contribution >= 0.6 is 22.9 Å². The molecule has 1 fully saturated rings. The molecular formula is C12H19ClN2O2S2. The van der Waals surface area contributed by atoms with E-state index < -0.39 is 10.0 Å². The van der Waals surface area contributed by atoms with Crippen molar-refractivity contribution in [3.63, 3.8) is 0 Å². The van der Waals surface area contributed by atoms with Crippen LogP contribution in [0.3, 0.4) is 0 Å². The number of hydrogen-bond acceptors (Lipinski definition) is 4. The summed E-state index contributed by atoms with van der Waals surface area (Å²) < 4.78 is 26.9. The van der Waals surface area contributed by atoms with Gasteiger partial charge in [-0.1, -0.05) is 0 Å². The van der Waals surface area contributed by atoms with Gasteiger partial charge in [-0.25, -0.2) is 8.42 Å². The van der Waals surface area contributed by atoms with E-state index in [1.807, 2.05) is 7.05 Å². The third kappa shape index (κ3) is 2.83. The molecule has 0 aliphatic carbocycles. The predicted octanol–water partition coefficient (Wildman–Crippen LogP) is 2.20. The summed E-state index contributed by atoms with van der Waals surface area (Å²) in [5, 5.41) is 1.78. The van der Waals surface area contributed by atoms with Gasteiger partial charge in [0, 0.05) is 30.1 Å². The Kier molecular flexibility index (Phi) is 4.28. The van der Waals surface area contributed by atoms with E-state index in [0.29, 0.717) is 18.0 Å². The third-order valence-corrected chi connectivity index (χ3v) is 7.13. The summed E-state index contributed by atoms with van der Waals surface area (Å²) in [4.78, 5) is 3.28. The minimum absolute atomic E-state index is 0.150. The fourth-order valence-corrected chi connectivity index (χ4v) is 5.46. The van der Waals surface area contributed by atoms with Crippen LogP contribution in [-0.2, 0) is 15.9 Å². The van der Waals surface area contributed by atoms with Crippen LogP contribution in [0.5, 0.6) is 0 Å². The standard InChI is InChI=1S/C12H19ClN2O2S2/c1-12(2)9-15(6-5-14(12)3)19(16,17)11-4-7-18-10(11)8-13/h4,7H,5-6,8-9H2,1-3H3. The highest BCUT2D eigenvalue weighted by Crippen LogP contribution is 2.29. The third-order valence-electron chi connectivity index (χ3n) is 3.73. The van der Waals surface area contributed by atoms with Gasteiger partial charge in [0.1, 0.15) is 0 Å². The summed E-state index contributed by atoms with van der Waals surface area (Å²) in [6, 6.07) is 1.66. The fraction of sp³-hybridized carbons (Fsp3) is 0.667. The largest absolute Gasteiger partial charge is 0.299 e. The van der Waals surface area contributed by atoms with Gasteiger partial charge in [-0.3, -0.25) is 4.90 Å². The van der Waals surface area contributed by atoms with Gasteiger partial charge in [0.15, 0.2) is 0 Å². The first-order valence-corrected chi connectivity index (χ1v) is 8.98. The van der Waals surface area contributed by atoms with Crippen LogP contribution in [-0.4, -0.2) is 49.8 Å². The van der Waals surface area contributed by atoms with Crippen LogP contribution in [0, 0.1) is 0 Å². The molecule has 0 aromatic carbocycles. The normalized spacial score (nSPS) is 21.7. The fourth-order valence-electron chi connectivity index (χ4n) is 2.20. The van der Waals surface area contributed by atoms with Gasteiger partial charge in [0.05, 0.1) is 10.8 Å². The lowest BCUT2D eigenvalue weighted by Gasteiger charge is -2.44. The molecule has 0 spiro atoms. The van der Waals surface area contributed by atoms with Crippen LogP contribution in [0.1, 0.15) is 18.7 Å². The topological polar surface area (TPSA) is 40.6 Å². The lowest BCUT2D eigenvalue weighted by molar-refractivity contribution is 0.0801. The number of sulfonamides is 1. The van der Waals surface area contributed by atoms with E-state index in [-0.39, 0.29) is 11.4 Å². The summed E-state index contributed by atoms with van der Waals surface area (Å²) in [7, 11) is -1.40. The second kappa shape index (κ2) is 5.33. The number of halogens is 1. The lowest BCUT2D eigenvalue weighted by Crippen LogP contribution is -2.58. The maximum atomic E-state index is 12.7. The molecule has 7 heteroatoms. The van der Waals surface area contributed by atoms with Crippen LogP contribution in [0.2, 0.25) is 0 Å². The van der Waals surface area contributed by atoms with Crippen molar-refractivity contribution >= 4 is 33.0 Å². The second-order valence-electron chi connectivity index (χ2n) is 5.41. The molecule has 0 N–H and O–H groups in total. The van der Waals surface area contributed by atoms with Gasteiger partial charge in [0.25, 0.3) is 0 Å². The monoisotopic (exact) mass is 322 g/mol. The van der Waals surface area contributed by atoms with Crippen LogP contribution in [0.15, 0.2) is 16.3 Å². The molecule has 0 radical (unpaired) electrons. The second-order valence-corrected chi connectivity index (χ2v) is 8.59. The summed E-state index contributed by atoms with van der Waals surface area (Å²) in [5.74, 6) is 0.239. The van der Waals surface area contributed by atoms with Crippen molar-refractivity contribution in [1.29, 1.82) is 0 Å². The van der Waals surface area contributed by atoms with E-state index in [4.69, 9.17) is 11.6 Å². The number of likely N-dealkylation sites (N-methyl/N-ethyl adjacent to an activating group) is 1. The Bertz CT molecular complexity index is 554. The molecule has 0 unspecified atom stereocenters. The van der Waals surface area contributed by atoms with Crippen LogP contribution in [0.25, 0.3) is 0 Å². The molecule has 2 heterocycles. The summed E-state index contributed by atoms with van der Waals surface area (Å²) in [6.45, 7) is 5.89. The number of rotatable bonds is 3. The zero-order valence-corrected chi connectivity index (χ0v) is 13.8. The first kappa shape index (κ1) is 15.3. The van der Waals surface area contributed by atoms with E-state index in [2.05, 4.69) is 18.7 Å². The van der Waals surface area contributed by atoms with E-state index in [1.165, 1.54) is 11.3 Å². The van der Waals surface area contributed by atoms with Gasteiger partial charge in [-0.15, -0.1) is 22.9 Å². The highest BCUT2D eigenvalue weighted by molar-refractivity contribution is 7.89. The quantitative estimate of drug-likeness (QED) is 0.801. The van der Waals surface area contributed by atoms with E-state index >= 15 is 0 Å². The van der Waals surface area contributed by atoms with Crippen molar-refractivity contribution in [2.75, 3.05) is 26.7 Å². The van der Waals surface area contributed by atoms with Gasteiger partial charge >= 0.3 is 0 Å². The van der Waals surface area contributed by atoms with Gasteiger partial charge in [0.2, 0.25) is 10.0 Å². The molecule has 1 aromatic heterocycles. The summed E-state index contributed by atoms with van der Waals surface area (Å²) >= 11 is 7.21. The van der Waals surface area contributed by atoms with Crippen LogP contribution < -0.4 is 0 Å². The number of nitrogens with zero attached hydrogens (tertiary/aromatic N) is 2. The molecule has 1 aliphatic rings. The first-order chi connectivity index (χ1) is 8.79. The molecule has 0 bridgehead atoms. The van der Waals surface area contributed by atoms with Crippen molar-refractivity contribution < 1.29 is 8.42 Å². The Labute approximate surface area is 124 Å². The van der Waals surface area contributed by atoms with E-state index in [0.717, 1.165) is 11.4 Å². The van der Waals surface area contributed by atoms with Crippen molar-refractivity contribution in [3.8, 4) is 0 Å². The van der Waals surface area contributed by atoms with Gasteiger partial charge < -0.3 is 0 Å². The zero-order valence-electron chi connectivity index (χ0n) is 11.4. The molecule has 1 aromatic rings. The number of piperazine rings is 1. The maximum absolute atomic E-state index is 12.7. The molecule has 0 amide bonds. The summed E-state index contributed by atoms with van der Waals surface area (Å²) in [6.07, 6.45) is 0. The van der Waals surface area contributed by atoms with Gasteiger partial charge in [-0.2, -0.15) is 4.31 Å². The number of hydrogen-bond donors (Lipinski definition) is 0. The Balaban J connectivity index is 2.31. The van der Waals surface area contributed by atoms with Crippen molar-refractivity contribution in [1.82, 2.24) is 9.21 Å².